The van der Waals surface area contributed by atoms with E-state index in [0.717, 1.165) is 0 Å². The first-order chi connectivity index (χ1) is 9.21. The van der Waals surface area contributed by atoms with Crippen LogP contribution in [0.2, 0.25) is 0 Å². The minimum atomic E-state index is -5.06. The van der Waals surface area contributed by atoms with Crippen LogP contribution < -0.4 is 5.32 Å². The molecule has 1 nitrogen and oxygen atoms in total. The largest absolute Gasteiger partial charge is 0.416 e. The minimum Gasteiger partial charge on any atom is -0.345 e. The number of alkyl halides is 8. The van der Waals surface area contributed by atoms with Crippen LogP contribution in [0.3, 0.4) is 0 Å². The molecule has 0 fully saturated rings. The van der Waals surface area contributed by atoms with Crippen molar-refractivity contribution in [3.05, 3.63) is 29.3 Å². The van der Waals surface area contributed by atoms with Gasteiger partial charge in [0, 0.05) is 12.6 Å². The second-order valence-corrected chi connectivity index (χ2v) is 4.55. The Bertz CT molecular complexity index is 508. The molecule has 0 radical (unpaired) electrons. The third kappa shape index (κ3) is 4.80. The second-order valence-electron chi connectivity index (χ2n) is 4.14. The molecule has 0 aliphatic rings. The molecule has 1 aromatic rings. The first kappa shape index (κ1) is 17.6. The zero-order chi connectivity index (χ0) is 16.6. The van der Waals surface area contributed by atoms with Gasteiger partial charge in [-0.2, -0.15) is 35.1 Å². The van der Waals surface area contributed by atoms with Crippen LogP contribution in [-0.2, 0) is 12.4 Å². The van der Waals surface area contributed by atoms with Crippen molar-refractivity contribution in [3.8, 4) is 0 Å². The molecule has 0 heterocycles. The summed E-state index contributed by atoms with van der Waals surface area (Å²) in [6, 6.07) is 0.429. The number of hydrogen-bond acceptors (Lipinski definition) is 1. The van der Waals surface area contributed by atoms with Crippen LogP contribution in [0.5, 0.6) is 0 Å². The predicted molar refractivity (Wildman–Crippen MR) is 63.3 cm³/mol. The number of hydrogen-bond donors (Lipinski definition) is 1. The third-order valence-electron chi connectivity index (χ3n) is 2.24. The summed E-state index contributed by atoms with van der Waals surface area (Å²) >= 11 is 4.22. The van der Waals surface area contributed by atoms with Crippen LogP contribution in [-0.4, -0.2) is 10.9 Å². The Balaban J connectivity index is 3.30. The smallest absolute Gasteiger partial charge is 0.345 e. The summed E-state index contributed by atoms with van der Waals surface area (Å²) in [5.74, 6) is -3.58. The fourth-order valence-corrected chi connectivity index (χ4v) is 1.39. The van der Waals surface area contributed by atoms with Gasteiger partial charge in [0.2, 0.25) is 0 Å². The van der Waals surface area contributed by atoms with E-state index in [1.54, 1.807) is 5.32 Å². The lowest BCUT2D eigenvalue weighted by atomic mass is 10.1. The summed E-state index contributed by atoms with van der Waals surface area (Å²) in [7, 11) is 0. The maximum atomic E-state index is 12.8. The van der Waals surface area contributed by atoms with Crippen LogP contribution in [0, 0.1) is 0 Å². The Hall–Kier alpha value is -1.45. The third-order valence-corrected chi connectivity index (χ3v) is 2.70. The zero-order valence-corrected chi connectivity index (χ0v) is 11.0. The molecule has 0 saturated heterocycles. The van der Waals surface area contributed by atoms with Crippen molar-refractivity contribution < 1.29 is 35.1 Å². The van der Waals surface area contributed by atoms with Gasteiger partial charge in [0.1, 0.15) is 4.99 Å². The molecule has 0 unspecified atom stereocenters. The second kappa shape index (κ2) is 5.39. The average Bonchev–Trinajstić information content (AvgIpc) is 2.24. The molecule has 0 bridgehead atoms. The predicted octanol–water partition coefficient (Wildman–Crippen LogP) is 5.12. The molecule has 0 atom stereocenters. The first-order valence-electron chi connectivity index (χ1n) is 5.20. The lowest BCUT2D eigenvalue weighted by molar-refractivity contribution is -0.143. The summed E-state index contributed by atoms with van der Waals surface area (Å²) in [6.45, 7) is 0.362. The monoisotopic (exact) mass is 337 g/mol. The normalized spacial score (nSPS) is 13.2. The van der Waals surface area contributed by atoms with Crippen LogP contribution in [0.15, 0.2) is 18.2 Å². The number of anilines is 1. The van der Waals surface area contributed by atoms with E-state index in [1.807, 2.05) is 0 Å². The van der Waals surface area contributed by atoms with Crippen molar-refractivity contribution in [2.45, 2.75) is 25.2 Å². The minimum absolute atomic E-state index is 0.113. The Morgan fingerprint density at radius 3 is 1.52 bits per heavy atom. The van der Waals surface area contributed by atoms with Gasteiger partial charge >= 0.3 is 12.4 Å². The number of nitrogens with one attached hydrogen (secondary N) is 1. The van der Waals surface area contributed by atoms with Crippen molar-refractivity contribution >= 4 is 22.9 Å². The van der Waals surface area contributed by atoms with Gasteiger partial charge in [-0.25, -0.2) is 0 Å². The quantitative estimate of drug-likeness (QED) is 0.594. The van der Waals surface area contributed by atoms with Crippen molar-refractivity contribution in [2.24, 2.45) is 0 Å². The van der Waals surface area contributed by atoms with Gasteiger partial charge in [0.05, 0.1) is 11.1 Å². The van der Waals surface area contributed by atoms with E-state index >= 15 is 0 Å². The summed E-state index contributed by atoms with van der Waals surface area (Å²) in [4.78, 5) is -1.19. The molecule has 10 heteroatoms. The van der Waals surface area contributed by atoms with E-state index in [4.69, 9.17) is 0 Å². The molecule has 0 saturated carbocycles. The highest BCUT2D eigenvalue weighted by atomic mass is 32.1. The SMILES string of the molecule is CC(F)(F)C(=S)Nc1cc(C(F)(F)F)cc(C(F)(F)F)c1. The van der Waals surface area contributed by atoms with Crippen LogP contribution in [0.1, 0.15) is 18.1 Å². The van der Waals surface area contributed by atoms with E-state index in [1.165, 1.54) is 0 Å². The Morgan fingerprint density at radius 2 is 1.24 bits per heavy atom. The number of halogens is 8. The molecule has 0 aliphatic carbocycles. The molecule has 0 spiro atoms. The molecule has 0 amide bonds. The number of thiocarbonyl (C=S) groups is 1. The average molecular weight is 337 g/mol. The molecule has 21 heavy (non-hydrogen) atoms. The van der Waals surface area contributed by atoms with Gasteiger partial charge in [0.15, 0.2) is 0 Å². The van der Waals surface area contributed by atoms with Gasteiger partial charge in [-0.3, -0.25) is 0 Å². The van der Waals surface area contributed by atoms with Crippen LogP contribution >= 0.6 is 12.2 Å². The van der Waals surface area contributed by atoms with E-state index < -0.39 is 40.1 Å². The number of benzene rings is 1. The van der Waals surface area contributed by atoms with Crippen LogP contribution in [0.25, 0.3) is 0 Å². The van der Waals surface area contributed by atoms with Gasteiger partial charge in [0.25, 0.3) is 5.92 Å². The maximum Gasteiger partial charge on any atom is 0.416 e. The highest BCUT2D eigenvalue weighted by molar-refractivity contribution is 7.80. The van der Waals surface area contributed by atoms with Gasteiger partial charge in [-0.05, 0) is 18.2 Å². The molecular formula is C11H7F8NS. The molecule has 118 valence electrons. The topological polar surface area (TPSA) is 12.0 Å². The fourth-order valence-electron chi connectivity index (χ4n) is 1.27. The first-order valence-corrected chi connectivity index (χ1v) is 5.61. The summed E-state index contributed by atoms with van der Waals surface area (Å²) in [6.07, 6.45) is -10.1. The van der Waals surface area contributed by atoms with E-state index in [2.05, 4.69) is 12.2 Å². The van der Waals surface area contributed by atoms with Gasteiger partial charge in [-0.1, -0.05) is 12.2 Å². The lowest BCUT2D eigenvalue weighted by Crippen LogP contribution is -2.29. The van der Waals surface area contributed by atoms with Gasteiger partial charge < -0.3 is 5.32 Å². The molecule has 1 rings (SSSR count). The molecular weight excluding hydrogens is 330 g/mol. The molecule has 0 aliphatic heterocycles. The van der Waals surface area contributed by atoms with Crippen molar-refractivity contribution in [2.75, 3.05) is 5.32 Å². The zero-order valence-electron chi connectivity index (χ0n) is 10.2. The fraction of sp³-hybridized carbons (Fsp3) is 0.364. The molecule has 1 N–H and O–H groups in total. The van der Waals surface area contributed by atoms with E-state index in [-0.39, 0.29) is 18.2 Å². The van der Waals surface area contributed by atoms with E-state index in [9.17, 15) is 35.1 Å². The molecule has 1 aromatic carbocycles. The Labute approximate surface area is 118 Å². The highest BCUT2D eigenvalue weighted by Crippen LogP contribution is 2.37. The number of rotatable bonds is 2. The maximum absolute atomic E-state index is 12.8. The highest BCUT2D eigenvalue weighted by Gasteiger charge is 2.37. The summed E-state index contributed by atoms with van der Waals surface area (Å²) < 4.78 is 101. The standard InChI is InChI=1S/C11H7F8NS/c1-9(12,13)8(21)20-7-3-5(10(14,15)16)2-6(4-7)11(17,18)19/h2-4H,1H3,(H,20,21). The Kier molecular flexibility index (Phi) is 4.52. The summed E-state index contributed by atoms with van der Waals surface area (Å²) in [5, 5.41) is 1.69. The summed E-state index contributed by atoms with van der Waals surface area (Å²) in [5.41, 5.74) is -4.06. The Morgan fingerprint density at radius 1 is 0.857 bits per heavy atom. The molecule has 0 aromatic heterocycles. The van der Waals surface area contributed by atoms with Crippen molar-refractivity contribution in [1.82, 2.24) is 0 Å². The lowest BCUT2D eigenvalue weighted by Gasteiger charge is -2.17. The van der Waals surface area contributed by atoms with Crippen molar-refractivity contribution in [3.63, 3.8) is 0 Å². The van der Waals surface area contributed by atoms with E-state index in [0.29, 0.717) is 6.92 Å². The van der Waals surface area contributed by atoms with Crippen molar-refractivity contribution in [1.29, 1.82) is 0 Å². The van der Waals surface area contributed by atoms with Crippen LogP contribution in [0.4, 0.5) is 40.8 Å². The van der Waals surface area contributed by atoms with Gasteiger partial charge in [-0.15, -0.1) is 0 Å².